The molecule has 2 N–H and O–H groups in total. The fourth-order valence-electron chi connectivity index (χ4n) is 1.15. The average molecular weight is 241 g/mol. The van der Waals surface area contributed by atoms with Gasteiger partial charge in [0.25, 0.3) is 0 Å². The molecule has 0 fully saturated rings. The average Bonchev–Trinajstić information content (AvgIpc) is 2.32. The molecule has 16 heavy (non-hydrogen) atoms. The highest BCUT2D eigenvalue weighted by atomic mass is 32.2. The monoisotopic (exact) mass is 241 g/mol. The second-order valence-electron chi connectivity index (χ2n) is 3.48. The number of hydrogen-bond donors (Lipinski definition) is 2. The Kier molecular flexibility index (Phi) is 7.12. The highest BCUT2D eigenvalue weighted by Gasteiger charge is 1.98. The van der Waals surface area contributed by atoms with Crippen LogP contribution in [0.3, 0.4) is 0 Å². The third kappa shape index (κ3) is 5.44. The van der Waals surface area contributed by atoms with E-state index in [1.54, 1.807) is 11.8 Å². The highest BCUT2D eigenvalue weighted by molar-refractivity contribution is 7.99. The van der Waals surface area contributed by atoms with Crippen molar-refractivity contribution in [3.8, 4) is 0 Å². The molecular formula is C11H19N3OS. The van der Waals surface area contributed by atoms with Crippen LogP contribution in [0.1, 0.15) is 25.3 Å². The van der Waals surface area contributed by atoms with Gasteiger partial charge in [0.1, 0.15) is 0 Å². The smallest absolute Gasteiger partial charge is 0.187 e. The fourth-order valence-corrected chi connectivity index (χ4v) is 1.86. The van der Waals surface area contributed by atoms with E-state index in [9.17, 15) is 0 Å². The maximum absolute atomic E-state index is 8.65. The van der Waals surface area contributed by atoms with Crippen molar-refractivity contribution >= 4 is 11.8 Å². The normalized spacial score (nSPS) is 10.6. The van der Waals surface area contributed by atoms with Crippen LogP contribution < -0.4 is 5.32 Å². The summed E-state index contributed by atoms with van der Waals surface area (Å²) in [6.45, 7) is 4.22. The van der Waals surface area contributed by atoms with Gasteiger partial charge in [-0.3, -0.25) is 0 Å². The number of rotatable bonds is 8. The van der Waals surface area contributed by atoms with Crippen LogP contribution in [0.2, 0.25) is 0 Å². The van der Waals surface area contributed by atoms with Crippen molar-refractivity contribution < 1.29 is 5.11 Å². The van der Waals surface area contributed by atoms with Gasteiger partial charge in [-0.2, -0.15) is 0 Å². The SMILES string of the molecule is CCCNCc1cnc(SCCCO)nc1. The van der Waals surface area contributed by atoms with E-state index in [0.29, 0.717) is 0 Å². The van der Waals surface area contributed by atoms with Crippen LogP contribution in [0.25, 0.3) is 0 Å². The Morgan fingerprint density at radius 2 is 2.12 bits per heavy atom. The molecule has 1 aromatic rings. The number of aliphatic hydroxyl groups is 1. The van der Waals surface area contributed by atoms with Crippen LogP contribution >= 0.6 is 11.8 Å². The van der Waals surface area contributed by atoms with E-state index in [-0.39, 0.29) is 6.61 Å². The fraction of sp³-hybridized carbons (Fsp3) is 0.636. The zero-order chi connectivity index (χ0) is 11.6. The first-order valence-electron chi connectivity index (χ1n) is 5.62. The summed E-state index contributed by atoms with van der Waals surface area (Å²) in [7, 11) is 0. The van der Waals surface area contributed by atoms with Crippen molar-refractivity contribution in [3.63, 3.8) is 0 Å². The number of aromatic nitrogens is 2. The summed E-state index contributed by atoms with van der Waals surface area (Å²) in [6.07, 6.45) is 5.64. The molecule has 0 aliphatic heterocycles. The van der Waals surface area contributed by atoms with Crippen molar-refractivity contribution in [2.75, 3.05) is 18.9 Å². The van der Waals surface area contributed by atoms with Gasteiger partial charge in [-0.05, 0) is 19.4 Å². The second kappa shape index (κ2) is 8.50. The lowest BCUT2D eigenvalue weighted by Crippen LogP contribution is -2.14. The Balaban J connectivity index is 2.30. The van der Waals surface area contributed by atoms with Crippen LogP contribution in [-0.4, -0.2) is 34.0 Å². The molecule has 0 spiro atoms. The van der Waals surface area contributed by atoms with Gasteiger partial charge in [0.2, 0.25) is 0 Å². The Morgan fingerprint density at radius 1 is 1.38 bits per heavy atom. The summed E-state index contributed by atoms with van der Waals surface area (Å²) >= 11 is 1.58. The van der Waals surface area contributed by atoms with Gasteiger partial charge in [0, 0.05) is 36.9 Å². The van der Waals surface area contributed by atoms with Gasteiger partial charge in [-0.25, -0.2) is 9.97 Å². The summed E-state index contributed by atoms with van der Waals surface area (Å²) < 4.78 is 0. The first kappa shape index (κ1) is 13.4. The molecule has 1 rings (SSSR count). The minimum atomic E-state index is 0.228. The largest absolute Gasteiger partial charge is 0.396 e. The standard InChI is InChI=1S/C11H19N3OS/c1-2-4-12-7-10-8-13-11(14-9-10)16-6-3-5-15/h8-9,12,15H,2-7H2,1H3. The topological polar surface area (TPSA) is 58.0 Å². The van der Waals surface area contributed by atoms with Gasteiger partial charge in [0.15, 0.2) is 5.16 Å². The predicted molar refractivity (Wildman–Crippen MR) is 66.5 cm³/mol. The maximum Gasteiger partial charge on any atom is 0.187 e. The molecule has 0 aromatic carbocycles. The molecule has 1 aromatic heterocycles. The van der Waals surface area contributed by atoms with Crippen molar-refractivity contribution in [1.29, 1.82) is 0 Å². The Morgan fingerprint density at radius 3 is 2.75 bits per heavy atom. The number of aliphatic hydroxyl groups excluding tert-OH is 1. The molecule has 0 saturated carbocycles. The van der Waals surface area contributed by atoms with Gasteiger partial charge in [-0.15, -0.1) is 0 Å². The predicted octanol–water partition coefficient (Wildman–Crippen LogP) is 1.45. The molecule has 1 heterocycles. The third-order valence-electron chi connectivity index (χ3n) is 1.97. The molecule has 0 aliphatic carbocycles. The number of thioether (sulfide) groups is 1. The van der Waals surface area contributed by atoms with Crippen LogP contribution in [-0.2, 0) is 6.54 Å². The molecule has 0 unspecified atom stereocenters. The van der Waals surface area contributed by atoms with Crippen LogP contribution in [0.5, 0.6) is 0 Å². The summed E-state index contributed by atoms with van der Waals surface area (Å²) in [6, 6.07) is 0. The lowest BCUT2D eigenvalue weighted by Gasteiger charge is -2.03. The quantitative estimate of drug-likeness (QED) is 0.410. The van der Waals surface area contributed by atoms with E-state index in [1.165, 1.54) is 0 Å². The molecule has 0 saturated heterocycles. The first-order valence-corrected chi connectivity index (χ1v) is 6.60. The highest BCUT2D eigenvalue weighted by Crippen LogP contribution is 2.12. The lowest BCUT2D eigenvalue weighted by molar-refractivity contribution is 0.296. The zero-order valence-electron chi connectivity index (χ0n) is 9.65. The minimum absolute atomic E-state index is 0.228. The van der Waals surface area contributed by atoms with E-state index in [1.807, 2.05) is 12.4 Å². The molecule has 90 valence electrons. The van der Waals surface area contributed by atoms with Gasteiger partial charge in [-0.1, -0.05) is 18.7 Å². The minimum Gasteiger partial charge on any atom is -0.396 e. The van der Waals surface area contributed by atoms with Crippen LogP contribution in [0, 0.1) is 0 Å². The number of hydrogen-bond acceptors (Lipinski definition) is 5. The van der Waals surface area contributed by atoms with Gasteiger partial charge in [0.05, 0.1) is 0 Å². The maximum atomic E-state index is 8.65. The summed E-state index contributed by atoms with van der Waals surface area (Å²) in [5.74, 6) is 0.865. The van der Waals surface area contributed by atoms with Crippen molar-refractivity contribution in [2.45, 2.75) is 31.5 Å². The molecule has 0 amide bonds. The number of nitrogens with zero attached hydrogens (tertiary/aromatic N) is 2. The van der Waals surface area contributed by atoms with Crippen LogP contribution in [0.4, 0.5) is 0 Å². The Bertz CT molecular complexity index is 250. The van der Waals surface area contributed by atoms with E-state index in [4.69, 9.17) is 5.11 Å². The van der Waals surface area contributed by atoms with E-state index >= 15 is 0 Å². The second-order valence-corrected chi connectivity index (χ2v) is 4.54. The van der Waals surface area contributed by atoms with E-state index in [0.717, 1.165) is 42.4 Å². The molecule has 0 atom stereocenters. The lowest BCUT2D eigenvalue weighted by atomic mass is 10.3. The first-order chi connectivity index (χ1) is 7.86. The van der Waals surface area contributed by atoms with Crippen molar-refractivity contribution in [2.24, 2.45) is 0 Å². The molecule has 5 heteroatoms. The van der Waals surface area contributed by atoms with Gasteiger partial charge >= 0.3 is 0 Å². The van der Waals surface area contributed by atoms with Gasteiger partial charge < -0.3 is 10.4 Å². The van der Waals surface area contributed by atoms with Crippen LogP contribution in [0.15, 0.2) is 17.6 Å². The third-order valence-corrected chi connectivity index (χ3v) is 2.93. The molecule has 0 aliphatic rings. The molecule has 0 bridgehead atoms. The van der Waals surface area contributed by atoms with E-state index < -0.39 is 0 Å². The summed E-state index contributed by atoms with van der Waals surface area (Å²) in [5.41, 5.74) is 1.11. The molecular weight excluding hydrogens is 222 g/mol. The molecule has 0 radical (unpaired) electrons. The van der Waals surface area contributed by atoms with E-state index in [2.05, 4.69) is 22.2 Å². The molecule has 4 nitrogen and oxygen atoms in total. The zero-order valence-corrected chi connectivity index (χ0v) is 10.5. The Labute approximate surface area is 101 Å². The van der Waals surface area contributed by atoms with Crippen molar-refractivity contribution in [1.82, 2.24) is 15.3 Å². The summed E-state index contributed by atoms with van der Waals surface area (Å²) in [4.78, 5) is 8.52. The Hall–Kier alpha value is -0.650. The summed E-state index contributed by atoms with van der Waals surface area (Å²) in [5, 5.41) is 12.7. The number of nitrogens with one attached hydrogen (secondary N) is 1. The van der Waals surface area contributed by atoms with Crippen molar-refractivity contribution in [3.05, 3.63) is 18.0 Å².